The van der Waals surface area contributed by atoms with Crippen LogP contribution in [-0.4, -0.2) is 107 Å². The molecule has 2 saturated heterocycles. The second kappa shape index (κ2) is 13.9. The highest BCUT2D eigenvalue weighted by Crippen LogP contribution is 2.37. The van der Waals surface area contributed by atoms with Crippen molar-refractivity contribution in [2.75, 3.05) is 80.9 Å². The highest BCUT2D eigenvalue weighted by molar-refractivity contribution is 7.92. The minimum atomic E-state index is -3.43. The molecule has 0 aromatic heterocycles. The summed E-state index contributed by atoms with van der Waals surface area (Å²) in [5.41, 5.74) is 2.57. The molecule has 2 aliphatic heterocycles. The topological polar surface area (TPSA) is 84.5 Å². The van der Waals surface area contributed by atoms with Gasteiger partial charge in [0.2, 0.25) is 21.8 Å². The number of carbonyl (C=O) groups excluding carboxylic acids is 2. The normalized spacial score (nSPS) is 20.3. The summed E-state index contributed by atoms with van der Waals surface area (Å²) >= 11 is 6.13. The zero-order valence-corrected chi connectivity index (χ0v) is 27.9. The van der Waals surface area contributed by atoms with Crippen molar-refractivity contribution in [1.82, 2.24) is 14.7 Å². The number of amides is 2. The predicted molar refractivity (Wildman–Crippen MR) is 179 cm³/mol. The lowest BCUT2D eigenvalue weighted by molar-refractivity contribution is -0.142. The fourth-order valence-corrected chi connectivity index (χ4v) is 7.77. The standard InChI is InChI=1S/C34H46ClN5O4S/c1-45(43,44)40(25-28-8-9-28)32-5-3-2-4-31(32)37-18-20-39(21-19-37)34(42)29(22-26-10-12-30(35)13-11-26)23-33(41)38-16-14-36(15-17-38)24-27-6-7-27/h2-5,10-13,27-29H,6-9,14-25H2,1H3/t29-/m0/s1. The Morgan fingerprint density at radius 3 is 2.09 bits per heavy atom. The Labute approximate surface area is 273 Å². The zero-order valence-electron chi connectivity index (χ0n) is 26.3. The maximum absolute atomic E-state index is 14.1. The van der Waals surface area contributed by atoms with E-state index >= 15 is 0 Å². The third-order valence-corrected chi connectivity index (χ3v) is 11.1. The molecule has 0 spiro atoms. The third-order valence-electron chi connectivity index (χ3n) is 9.71. The third kappa shape index (κ3) is 8.51. The molecule has 45 heavy (non-hydrogen) atoms. The van der Waals surface area contributed by atoms with Crippen LogP contribution in [0.5, 0.6) is 0 Å². The van der Waals surface area contributed by atoms with E-state index in [2.05, 4.69) is 9.80 Å². The summed E-state index contributed by atoms with van der Waals surface area (Å²) < 4.78 is 27.1. The monoisotopic (exact) mass is 655 g/mol. The van der Waals surface area contributed by atoms with Crippen LogP contribution in [0.1, 0.15) is 37.7 Å². The van der Waals surface area contributed by atoms with Crippen molar-refractivity contribution < 1.29 is 18.0 Å². The molecule has 2 aromatic rings. The van der Waals surface area contributed by atoms with Crippen molar-refractivity contribution in [2.24, 2.45) is 17.8 Å². The smallest absolute Gasteiger partial charge is 0.232 e. The van der Waals surface area contributed by atoms with Crippen LogP contribution in [0.2, 0.25) is 5.02 Å². The molecule has 6 rings (SSSR count). The van der Waals surface area contributed by atoms with E-state index in [9.17, 15) is 18.0 Å². The molecule has 2 saturated carbocycles. The van der Waals surface area contributed by atoms with Crippen LogP contribution in [0.4, 0.5) is 11.4 Å². The van der Waals surface area contributed by atoms with E-state index in [0.717, 1.165) is 62.7 Å². The van der Waals surface area contributed by atoms with Gasteiger partial charge in [0.1, 0.15) is 0 Å². The van der Waals surface area contributed by atoms with Gasteiger partial charge in [0.25, 0.3) is 0 Å². The fraction of sp³-hybridized carbons (Fsp3) is 0.588. The largest absolute Gasteiger partial charge is 0.366 e. The molecule has 0 bridgehead atoms. The summed E-state index contributed by atoms with van der Waals surface area (Å²) in [6, 6.07) is 15.2. The van der Waals surface area contributed by atoms with Crippen LogP contribution < -0.4 is 9.21 Å². The maximum atomic E-state index is 14.1. The van der Waals surface area contributed by atoms with Gasteiger partial charge in [-0.1, -0.05) is 35.9 Å². The second-order valence-corrected chi connectivity index (χ2v) is 15.7. The van der Waals surface area contributed by atoms with Crippen molar-refractivity contribution >= 4 is 44.8 Å². The molecule has 0 radical (unpaired) electrons. The number of anilines is 2. The van der Waals surface area contributed by atoms with Gasteiger partial charge in [-0.05, 0) is 73.8 Å². The molecule has 4 fully saturated rings. The highest BCUT2D eigenvalue weighted by atomic mass is 35.5. The lowest BCUT2D eigenvalue weighted by Gasteiger charge is -2.39. The minimum absolute atomic E-state index is 0.00472. The summed E-state index contributed by atoms with van der Waals surface area (Å²) in [4.78, 5) is 36.1. The van der Waals surface area contributed by atoms with E-state index in [4.69, 9.17) is 11.6 Å². The first-order chi connectivity index (χ1) is 21.6. The Bertz CT molecular complexity index is 1450. The molecule has 9 nitrogen and oxygen atoms in total. The van der Waals surface area contributed by atoms with E-state index in [0.29, 0.717) is 55.8 Å². The molecule has 0 unspecified atom stereocenters. The molecule has 1 atom stereocenters. The zero-order chi connectivity index (χ0) is 31.6. The van der Waals surface area contributed by atoms with Gasteiger partial charge in [-0.3, -0.25) is 18.8 Å². The molecule has 2 amide bonds. The van der Waals surface area contributed by atoms with Gasteiger partial charge in [-0.15, -0.1) is 0 Å². The molecule has 0 N–H and O–H groups in total. The quantitative estimate of drug-likeness (QED) is 0.344. The lowest BCUT2D eigenvalue weighted by atomic mass is 9.93. The number of hydrogen-bond acceptors (Lipinski definition) is 6. The summed E-state index contributed by atoms with van der Waals surface area (Å²) in [5.74, 6) is 0.849. The summed E-state index contributed by atoms with van der Waals surface area (Å²) in [6.45, 7) is 7.10. The number of benzene rings is 2. The predicted octanol–water partition coefficient (Wildman–Crippen LogP) is 3.97. The molecule has 244 valence electrons. The average Bonchev–Trinajstić information content (AvgIpc) is 3.97. The van der Waals surface area contributed by atoms with Crippen LogP contribution in [0.15, 0.2) is 48.5 Å². The van der Waals surface area contributed by atoms with Crippen molar-refractivity contribution in [3.05, 3.63) is 59.1 Å². The molecular formula is C34H46ClN5O4S. The summed E-state index contributed by atoms with van der Waals surface area (Å²) in [6.07, 6.45) is 6.73. The summed E-state index contributed by atoms with van der Waals surface area (Å²) in [5, 5.41) is 0.643. The molecular weight excluding hydrogens is 610 g/mol. The number of nitrogens with zero attached hydrogens (tertiary/aromatic N) is 5. The number of piperazine rings is 2. The summed E-state index contributed by atoms with van der Waals surface area (Å²) in [7, 11) is -3.43. The van der Waals surface area contributed by atoms with E-state index in [1.165, 1.54) is 19.1 Å². The van der Waals surface area contributed by atoms with Gasteiger partial charge in [0, 0.05) is 76.9 Å². The lowest BCUT2D eigenvalue weighted by Crippen LogP contribution is -2.52. The van der Waals surface area contributed by atoms with Gasteiger partial charge >= 0.3 is 0 Å². The minimum Gasteiger partial charge on any atom is -0.366 e. The van der Waals surface area contributed by atoms with Crippen molar-refractivity contribution in [3.63, 3.8) is 0 Å². The molecule has 4 aliphatic rings. The fourth-order valence-electron chi connectivity index (χ4n) is 6.65. The number of carbonyl (C=O) groups is 2. The van der Waals surface area contributed by atoms with Crippen LogP contribution in [0, 0.1) is 17.8 Å². The van der Waals surface area contributed by atoms with Gasteiger partial charge in [-0.25, -0.2) is 8.42 Å². The molecule has 11 heteroatoms. The van der Waals surface area contributed by atoms with Crippen LogP contribution in [0.25, 0.3) is 0 Å². The average molecular weight is 656 g/mol. The van der Waals surface area contributed by atoms with E-state index < -0.39 is 15.9 Å². The highest BCUT2D eigenvalue weighted by Gasteiger charge is 2.34. The first-order valence-corrected chi connectivity index (χ1v) is 18.7. The Morgan fingerprint density at radius 1 is 0.844 bits per heavy atom. The van der Waals surface area contributed by atoms with Crippen molar-refractivity contribution in [2.45, 2.75) is 38.5 Å². The van der Waals surface area contributed by atoms with Gasteiger partial charge in [0.15, 0.2) is 0 Å². The molecule has 2 heterocycles. The SMILES string of the molecule is CS(=O)(=O)N(CC1CC1)c1ccccc1N1CCN(C(=O)[C@H](CC(=O)N2CCN(CC3CC3)CC2)Cc2ccc(Cl)cc2)CC1. The molecule has 2 aromatic carbocycles. The Kier molecular flexibility index (Phi) is 9.92. The van der Waals surface area contributed by atoms with Crippen LogP contribution in [0.3, 0.4) is 0 Å². The van der Waals surface area contributed by atoms with Crippen molar-refractivity contribution in [1.29, 1.82) is 0 Å². The number of halogens is 1. The number of hydrogen-bond donors (Lipinski definition) is 0. The second-order valence-electron chi connectivity index (χ2n) is 13.4. The first-order valence-electron chi connectivity index (χ1n) is 16.5. The van der Waals surface area contributed by atoms with Gasteiger partial charge < -0.3 is 14.7 Å². The number of rotatable bonds is 12. The van der Waals surface area contributed by atoms with E-state index in [1.54, 1.807) is 4.31 Å². The molecule has 2 aliphatic carbocycles. The number of sulfonamides is 1. The van der Waals surface area contributed by atoms with E-state index in [-0.39, 0.29) is 18.2 Å². The first kappa shape index (κ1) is 32.1. The van der Waals surface area contributed by atoms with Gasteiger partial charge in [0.05, 0.1) is 23.5 Å². The number of para-hydroxylation sites is 2. The van der Waals surface area contributed by atoms with Gasteiger partial charge in [-0.2, -0.15) is 0 Å². The van der Waals surface area contributed by atoms with Crippen molar-refractivity contribution in [3.8, 4) is 0 Å². The maximum Gasteiger partial charge on any atom is 0.232 e. The van der Waals surface area contributed by atoms with E-state index in [1.807, 2.05) is 58.3 Å². The Balaban J connectivity index is 1.11. The van der Waals surface area contributed by atoms with Crippen LogP contribution in [-0.2, 0) is 26.0 Å². The Hall–Kier alpha value is -2.82. The Morgan fingerprint density at radius 2 is 1.47 bits per heavy atom. The van der Waals surface area contributed by atoms with Crippen LogP contribution >= 0.6 is 11.6 Å².